The van der Waals surface area contributed by atoms with Crippen LogP contribution in [0.25, 0.3) is 0 Å². The van der Waals surface area contributed by atoms with Crippen molar-refractivity contribution in [1.82, 2.24) is 10.2 Å². The van der Waals surface area contributed by atoms with Crippen molar-refractivity contribution >= 4 is 23.7 Å². The number of carbonyl (C=O) groups is 2. The summed E-state index contributed by atoms with van der Waals surface area (Å²) in [7, 11) is 0. The Morgan fingerprint density at radius 2 is 1.93 bits per heavy atom. The first kappa shape index (κ1) is 20.9. The van der Waals surface area contributed by atoms with Gasteiger partial charge in [0.15, 0.2) is 0 Å². The molecule has 3 rings (SSSR count). The zero-order valence-corrected chi connectivity index (χ0v) is 15.7. The van der Waals surface area contributed by atoms with Crippen LogP contribution in [0.5, 0.6) is 0 Å². The second kappa shape index (κ2) is 7.90. The number of rotatable bonds is 3. The topological polar surface area (TPSA) is 58.6 Å². The maximum Gasteiger partial charge on any atom is 0.419 e. The molecule has 1 heterocycles. The predicted octanol–water partition coefficient (Wildman–Crippen LogP) is 5.29. The molecule has 1 aliphatic heterocycles. The van der Waals surface area contributed by atoms with Gasteiger partial charge in [0.1, 0.15) is 11.9 Å². The lowest BCUT2D eigenvalue weighted by Crippen LogP contribution is -2.44. The van der Waals surface area contributed by atoms with E-state index in [1.165, 1.54) is 6.92 Å². The van der Waals surface area contributed by atoms with Crippen LogP contribution >= 0.6 is 11.6 Å². The lowest BCUT2D eigenvalue weighted by Gasteiger charge is -2.20. The second-order valence-corrected chi connectivity index (χ2v) is 6.84. The van der Waals surface area contributed by atoms with Gasteiger partial charge in [-0.1, -0.05) is 29.8 Å². The molecule has 1 fully saturated rings. The zero-order valence-electron chi connectivity index (χ0n) is 15.0. The summed E-state index contributed by atoms with van der Waals surface area (Å²) in [5.74, 6) is -1.13. The molecular weight excluding hydrogens is 416 g/mol. The van der Waals surface area contributed by atoms with Crippen molar-refractivity contribution in [3.8, 4) is 0 Å². The molecule has 10 heteroatoms. The summed E-state index contributed by atoms with van der Waals surface area (Å²) in [6, 6.07) is 6.87. The molecule has 2 atom stereocenters. The Balaban J connectivity index is 1.77. The predicted molar refractivity (Wildman–Crippen MR) is 95.6 cm³/mol. The number of urea groups is 1. The van der Waals surface area contributed by atoms with E-state index in [0.717, 1.165) is 11.0 Å². The Bertz CT molecular complexity index is 951. The maximum atomic E-state index is 13.7. The average Bonchev–Trinajstić information content (AvgIpc) is 2.94. The van der Waals surface area contributed by atoms with E-state index in [1.807, 2.05) is 0 Å². The minimum Gasteiger partial charge on any atom is -0.439 e. The molecule has 1 aliphatic rings. The Hall–Kier alpha value is -2.81. The van der Waals surface area contributed by atoms with Crippen molar-refractivity contribution in [3.05, 3.63) is 70.0 Å². The van der Waals surface area contributed by atoms with Crippen LogP contribution in [0.3, 0.4) is 0 Å². The minimum absolute atomic E-state index is 0.0257. The van der Waals surface area contributed by atoms with Gasteiger partial charge in [-0.3, -0.25) is 0 Å². The van der Waals surface area contributed by atoms with Crippen LogP contribution in [0.2, 0.25) is 5.02 Å². The Kier molecular flexibility index (Phi) is 5.70. The molecule has 1 N–H and O–H groups in total. The molecule has 0 radical (unpaired) electrons. The monoisotopic (exact) mass is 430 g/mol. The first-order valence-corrected chi connectivity index (χ1v) is 8.84. The zero-order chi connectivity index (χ0) is 21.3. The molecule has 2 aromatic carbocycles. The summed E-state index contributed by atoms with van der Waals surface area (Å²) in [5, 5.41) is 2.93. The molecule has 0 bridgehead atoms. The standard InChI is InChI=1S/C19H15ClF4N2O3/c1-10-16(12-6-13(19(22,23)24)8-14(21)7-12)29-18(28)26(10)17(27)25-9-11-4-2-3-5-15(11)20/h2-8,10,16H,9H2,1H3,(H,25,27)/t10-,16-/m0/s1. The Morgan fingerprint density at radius 3 is 2.59 bits per heavy atom. The molecule has 0 aromatic heterocycles. The van der Waals surface area contributed by atoms with Crippen LogP contribution in [0, 0.1) is 5.82 Å². The first-order chi connectivity index (χ1) is 13.6. The highest BCUT2D eigenvalue weighted by atomic mass is 35.5. The van der Waals surface area contributed by atoms with Gasteiger partial charge in [0, 0.05) is 11.6 Å². The van der Waals surface area contributed by atoms with Crippen LogP contribution in [-0.2, 0) is 17.5 Å². The van der Waals surface area contributed by atoms with Crippen molar-refractivity contribution in [2.75, 3.05) is 0 Å². The van der Waals surface area contributed by atoms with E-state index in [-0.39, 0.29) is 12.1 Å². The molecule has 0 saturated carbocycles. The van der Waals surface area contributed by atoms with Gasteiger partial charge in [-0.2, -0.15) is 13.2 Å². The molecule has 3 amide bonds. The highest BCUT2D eigenvalue weighted by molar-refractivity contribution is 6.31. The number of cyclic esters (lactones) is 1. The Labute approximate surface area is 168 Å². The highest BCUT2D eigenvalue weighted by Gasteiger charge is 2.44. The number of amides is 3. The normalized spacial score (nSPS) is 19.2. The van der Waals surface area contributed by atoms with Gasteiger partial charge in [0.25, 0.3) is 0 Å². The second-order valence-electron chi connectivity index (χ2n) is 6.44. The summed E-state index contributed by atoms with van der Waals surface area (Å²) in [5.41, 5.74) is -0.795. The van der Waals surface area contributed by atoms with E-state index in [2.05, 4.69) is 5.32 Å². The number of nitrogens with one attached hydrogen (secondary N) is 1. The largest absolute Gasteiger partial charge is 0.439 e. The SMILES string of the molecule is C[C@H]1[C@@H](c2cc(F)cc(C(F)(F)F)c2)OC(=O)N1C(=O)NCc1ccccc1Cl. The van der Waals surface area contributed by atoms with Gasteiger partial charge in [0.2, 0.25) is 0 Å². The van der Waals surface area contributed by atoms with Crippen LogP contribution in [0.1, 0.15) is 29.7 Å². The number of alkyl halides is 3. The summed E-state index contributed by atoms with van der Waals surface area (Å²) in [6.45, 7) is 1.45. The van der Waals surface area contributed by atoms with Gasteiger partial charge in [-0.25, -0.2) is 18.9 Å². The van der Waals surface area contributed by atoms with E-state index >= 15 is 0 Å². The lowest BCUT2D eigenvalue weighted by molar-refractivity contribution is -0.137. The fourth-order valence-corrected chi connectivity index (χ4v) is 3.22. The maximum absolute atomic E-state index is 13.7. The number of ether oxygens (including phenoxy) is 1. The fraction of sp³-hybridized carbons (Fsp3) is 0.263. The van der Waals surface area contributed by atoms with Crippen LogP contribution < -0.4 is 5.32 Å². The lowest BCUT2D eigenvalue weighted by atomic mass is 10.0. The number of benzene rings is 2. The molecule has 0 spiro atoms. The highest BCUT2D eigenvalue weighted by Crippen LogP contribution is 2.37. The molecule has 1 saturated heterocycles. The van der Waals surface area contributed by atoms with Gasteiger partial charge in [-0.15, -0.1) is 0 Å². The number of halogens is 5. The third kappa shape index (κ3) is 4.45. The van der Waals surface area contributed by atoms with Gasteiger partial charge < -0.3 is 10.1 Å². The van der Waals surface area contributed by atoms with Crippen molar-refractivity contribution in [1.29, 1.82) is 0 Å². The summed E-state index contributed by atoms with van der Waals surface area (Å²) in [4.78, 5) is 25.3. The molecule has 29 heavy (non-hydrogen) atoms. The molecule has 0 unspecified atom stereocenters. The van der Waals surface area contributed by atoms with Crippen LogP contribution in [0.15, 0.2) is 42.5 Å². The van der Waals surface area contributed by atoms with Crippen molar-refractivity contribution in [2.45, 2.75) is 31.8 Å². The number of hydrogen-bond acceptors (Lipinski definition) is 3. The number of imide groups is 1. The Morgan fingerprint density at radius 1 is 1.24 bits per heavy atom. The summed E-state index contributed by atoms with van der Waals surface area (Å²) in [6.07, 6.45) is -7.06. The van der Waals surface area contributed by atoms with E-state index in [0.29, 0.717) is 22.7 Å². The molecule has 5 nitrogen and oxygen atoms in total. The van der Waals surface area contributed by atoms with Crippen molar-refractivity contribution < 1.29 is 31.9 Å². The number of hydrogen-bond donors (Lipinski definition) is 1. The van der Waals surface area contributed by atoms with E-state index in [4.69, 9.17) is 16.3 Å². The van der Waals surface area contributed by atoms with E-state index in [9.17, 15) is 27.2 Å². The third-order valence-corrected chi connectivity index (χ3v) is 4.82. The van der Waals surface area contributed by atoms with Gasteiger partial charge in [-0.05, 0) is 42.3 Å². The summed E-state index contributed by atoms with van der Waals surface area (Å²) >= 11 is 6.01. The van der Waals surface area contributed by atoms with Crippen molar-refractivity contribution in [3.63, 3.8) is 0 Å². The smallest absolute Gasteiger partial charge is 0.419 e. The first-order valence-electron chi connectivity index (χ1n) is 8.46. The van der Waals surface area contributed by atoms with E-state index in [1.54, 1.807) is 24.3 Å². The molecular formula is C19H15ClF4N2O3. The van der Waals surface area contributed by atoms with Crippen molar-refractivity contribution in [2.24, 2.45) is 0 Å². The molecule has 154 valence electrons. The molecule has 0 aliphatic carbocycles. The van der Waals surface area contributed by atoms with Gasteiger partial charge >= 0.3 is 18.3 Å². The quantitative estimate of drug-likeness (QED) is 0.673. The molecule has 2 aromatic rings. The third-order valence-electron chi connectivity index (χ3n) is 4.45. The average molecular weight is 431 g/mol. The minimum atomic E-state index is -4.77. The number of nitrogens with zero attached hydrogens (tertiary/aromatic N) is 1. The van der Waals surface area contributed by atoms with Crippen LogP contribution in [-0.4, -0.2) is 23.1 Å². The van der Waals surface area contributed by atoms with Gasteiger partial charge in [0.05, 0.1) is 11.6 Å². The van der Waals surface area contributed by atoms with Crippen LogP contribution in [0.4, 0.5) is 27.2 Å². The fourth-order valence-electron chi connectivity index (χ4n) is 3.02. The number of carbonyl (C=O) groups excluding carboxylic acids is 2. The summed E-state index contributed by atoms with van der Waals surface area (Å²) < 4.78 is 57.6. The van der Waals surface area contributed by atoms with E-state index < -0.39 is 41.8 Å².